The van der Waals surface area contributed by atoms with Crippen LogP contribution in [0.4, 0.5) is 5.69 Å². The Morgan fingerprint density at radius 1 is 1.15 bits per heavy atom. The third-order valence-electron chi connectivity index (χ3n) is 4.33. The van der Waals surface area contributed by atoms with Gasteiger partial charge in [0, 0.05) is 25.7 Å². The van der Waals surface area contributed by atoms with Gasteiger partial charge in [-0.15, -0.1) is 0 Å². The molecule has 1 aliphatic heterocycles. The summed E-state index contributed by atoms with van der Waals surface area (Å²) >= 11 is 0. The Kier molecular flexibility index (Phi) is 5.79. The van der Waals surface area contributed by atoms with Crippen LogP contribution in [0.3, 0.4) is 0 Å². The Labute approximate surface area is 158 Å². The molecule has 2 aromatic carbocycles. The van der Waals surface area contributed by atoms with Gasteiger partial charge in [0.15, 0.2) is 0 Å². The van der Waals surface area contributed by atoms with Gasteiger partial charge >= 0.3 is 0 Å². The van der Waals surface area contributed by atoms with Crippen molar-refractivity contribution >= 4 is 21.6 Å². The largest absolute Gasteiger partial charge is 0.497 e. The van der Waals surface area contributed by atoms with Gasteiger partial charge in [-0.05, 0) is 42.0 Å². The molecule has 0 radical (unpaired) electrons. The molecular weight excluding hydrogens is 368 g/mol. The number of benzene rings is 2. The molecule has 3 rings (SSSR count). The number of nitrogens with zero attached hydrogens (tertiary/aromatic N) is 1. The van der Waals surface area contributed by atoms with Crippen molar-refractivity contribution in [3.8, 4) is 5.75 Å². The first-order valence-electron chi connectivity index (χ1n) is 8.53. The maximum Gasteiger partial charge on any atom is 0.243 e. The number of carbonyl (C=O) groups is 1. The van der Waals surface area contributed by atoms with E-state index in [2.05, 4.69) is 5.32 Å². The summed E-state index contributed by atoms with van der Waals surface area (Å²) in [5.74, 6) is 0.527. The van der Waals surface area contributed by atoms with Gasteiger partial charge < -0.3 is 14.8 Å². The van der Waals surface area contributed by atoms with Crippen LogP contribution in [0.15, 0.2) is 53.4 Å². The number of hydrogen-bond acceptors (Lipinski definition) is 5. The van der Waals surface area contributed by atoms with E-state index in [9.17, 15) is 13.2 Å². The highest BCUT2D eigenvalue weighted by Gasteiger charge is 2.31. The van der Waals surface area contributed by atoms with Gasteiger partial charge in [0.05, 0.1) is 24.7 Å². The summed E-state index contributed by atoms with van der Waals surface area (Å²) in [5, 5.41) is 2.62. The summed E-state index contributed by atoms with van der Waals surface area (Å²) in [4.78, 5) is 11.3. The fraction of sp³-hybridized carbons (Fsp3) is 0.316. The first-order chi connectivity index (χ1) is 12.9. The van der Waals surface area contributed by atoms with Crippen molar-refractivity contribution in [3.63, 3.8) is 0 Å². The first-order valence-corrected chi connectivity index (χ1v) is 9.97. The number of nitrogens with one attached hydrogen (secondary N) is 1. The number of morpholine rings is 1. The van der Waals surface area contributed by atoms with E-state index in [1.54, 1.807) is 19.2 Å². The number of ether oxygens (including phenoxy) is 2. The molecule has 8 heteroatoms. The molecule has 27 heavy (non-hydrogen) atoms. The van der Waals surface area contributed by atoms with E-state index in [-0.39, 0.29) is 23.5 Å². The van der Waals surface area contributed by atoms with Gasteiger partial charge in [0.1, 0.15) is 5.75 Å². The summed E-state index contributed by atoms with van der Waals surface area (Å²) in [6, 6.07) is 13.6. The molecule has 1 fully saturated rings. The zero-order valence-electron chi connectivity index (χ0n) is 15.2. The molecule has 0 spiro atoms. The summed E-state index contributed by atoms with van der Waals surface area (Å²) in [7, 11) is -2.05. The van der Waals surface area contributed by atoms with Crippen LogP contribution in [0.5, 0.6) is 5.75 Å². The highest BCUT2D eigenvalue weighted by atomic mass is 32.2. The Balaban J connectivity index is 1.76. The molecule has 0 aliphatic carbocycles. The first kappa shape index (κ1) is 19.3. The standard InChI is InChI=1S/C19H22N2O5S/c1-14(22)20-16-5-9-18(10-6-16)27(23,24)21-11-12-26-19(13-21)15-3-7-17(25-2)8-4-15/h3-10,19H,11-13H2,1-2H3,(H,20,22). The normalized spacial score (nSPS) is 18.1. The van der Waals surface area contributed by atoms with Crippen molar-refractivity contribution < 1.29 is 22.7 Å². The van der Waals surface area contributed by atoms with Crippen LogP contribution in [0.1, 0.15) is 18.6 Å². The number of anilines is 1. The van der Waals surface area contributed by atoms with Crippen molar-refractivity contribution in [3.05, 3.63) is 54.1 Å². The van der Waals surface area contributed by atoms with Crippen LogP contribution in [0.25, 0.3) is 0 Å². The Hall–Kier alpha value is -2.42. The molecule has 1 amide bonds. The number of hydrogen-bond donors (Lipinski definition) is 1. The van der Waals surface area contributed by atoms with E-state index < -0.39 is 10.0 Å². The average Bonchev–Trinajstić information content (AvgIpc) is 2.68. The molecule has 1 N–H and O–H groups in total. The molecule has 1 unspecified atom stereocenters. The summed E-state index contributed by atoms with van der Waals surface area (Å²) in [6.45, 7) is 2.25. The second-order valence-electron chi connectivity index (χ2n) is 6.20. The number of sulfonamides is 1. The molecule has 0 aromatic heterocycles. The molecule has 0 saturated carbocycles. The minimum atomic E-state index is -3.65. The monoisotopic (exact) mass is 390 g/mol. The Morgan fingerprint density at radius 2 is 1.81 bits per heavy atom. The average molecular weight is 390 g/mol. The Bertz CT molecular complexity index is 895. The quantitative estimate of drug-likeness (QED) is 0.848. The number of carbonyl (C=O) groups excluding carboxylic acids is 1. The van der Waals surface area contributed by atoms with Crippen LogP contribution < -0.4 is 10.1 Å². The number of amides is 1. The molecule has 7 nitrogen and oxygen atoms in total. The van der Waals surface area contributed by atoms with Crippen molar-refractivity contribution in [1.29, 1.82) is 0 Å². The third-order valence-corrected chi connectivity index (χ3v) is 6.21. The molecular formula is C19H22N2O5S. The molecule has 2 aromatic rings. The third kappa shape index (κ3) is 4.47. The fourth-order valence-corrected chi connectivity index (χ4v) is 4.35. The van der Waals surface area contributed by atoms with E-state index in [1.807, 2.05) is 24.3 Å². The molecule has 1 saturated heterocycles. The van der Waals surface area contributed by atoms with Gasteiger partial charge in [-0.2, -0.15) is 4.31 Å². The summed E-state index contributed by atoms with van der Waals surface area (Å²) in [5.41, 5.74) is 1.45. The van der Waals surface area contributed by atoms with Gasteiger partial charge in [0.2, 0.25) is 15.9 Å². The number of rotatable bonds is 5. The lowest BCUT2D eigenvalue weighted by Crippen LogP contribution is -2.42. The fourth-order valence-electron chi connectivity index (χ4n) is 2.93. The smallest absolute Gasteiger partial charge is 0.243 e. The van der Waals surface area contributed by atoms with Crippen molar-refractivity contribution in [2.75, 3.05) is 32.1 Å². The van der Waals surface area contributed by atoms with Crippen molar-refractivity contribution in [2.45, 2.75) is 17.9 Å². The number of methoxy groups -OCH3 is 1. The van der Waals surface area contributed by atoms with Crippen LogP contribution in [-0.4, -0.2) is 45.4 Å². The van der Waals surface area contributed by atoms with E-state index in [1.165, 1.54) is 23.4 Å². The van der Waals surface area contributed by atoms with Crippen LogP contribution in [0, 0.1) is 0 Å². The van der Waals surface area contributed by atoms with Gasteiger partial charge in [0.25, 0.3) is 0 Å². The molecule has 1 aliphatic rings. The van der Waals surface area contributed by atoms with E-state index in [0.29, 0.717) is 18.8 Å². The van der Waals surface area contributed by atoms with Gasteiger partial charge in [-0.1, -0.05) is 12.1 Å². The SMILES string of the molecule is COc1ccc(C2CN(S(=O)(=O)c3ccc(NC(C)=O)cc3)CCO2)cc1. The molecule has 1 heterocycles. The predicted octanol–water partition coefficient (Wildman–Crippen LogP) is 2.42. The van der Waals surface area contributed by atoms with Crippen molar-refractivity contribution in [1.82, 2.24) is 4.31 Å². The van der Waals surface area contributed by atoms with E-state index in [0.717, 1.165) is 11.3 Å². The van der Waals surface area contributed by atoms with Crippen LogP contribution >= 0.6 is 0 Å². The molecule has 144 valence electrons. The molecule has 0 bridgehead atoms. The second kappa shape index (κ2) is 8.08. The van der Waals surface area contributed by atoms with E-state index in [4.69, 9.17) is 9.47 Å². The zero-order valence-corrected chi connectivity index (χ0v) is 16.0. The minimum Gasteiger partial charge on any atom is -0.497 e. The van der Waals surface area contributed by atoms with Crippen LogP contribution in [0.2, 0.25) is 0 Å². The summed E-state index contributed by atoms with van der Waals surface area (Å²) in [6.07, 6.45) is -0.335. The minimum absolute atomic E-state index is 0.187. The summed E-state index contributed by atoms with van der Waals surface area (Å²) < 4.78 is 38.3. The lowest BCUT2D eigenvalue weighted by Gasteiger charge is -2.32. The van der Waals surface area contributed by atoms with Crippen molar-refractivity contribution in [2.24, 2.45) is 0 Å². The topological polar surface area (TPSA) is 84.9 Å². The zero-order chi connectivity index (χ0) is 19.4. The maximum atomic E-state index is 13.0. The van der Waals surface area contributed by atoms with Gasteiger partial charge in [-0.25, -0.2) is 8.42 Å². The lowest BCUT2D eigenvalue weighted by atomic mass is 10.1. The van der Waals surface area contributed by atoms with E-state index >= 15 is 0 Å². The highest BCUT2D eigenvalue weighted by molar-refractivity contribution is 7.89. The lowest BCUT2D eigenvalue weighted by molar-refractivity contribution is -0.114. The molecule has 1 atom stereocenters. The highest BCUT2D eigenvalue weighted by Crippen LogP contribution is 2.28. The second-order valence-corrected chi connectivity index (χ2v) is 8.14. The van der Waals surface area contributed by atoms with Gasteiger partial charge in [-0.3, -0.25) is 4.79 Å². The maximum absolute atomic E-state index is 13.0. The predicted molar refractivity (Wildman–Crippen MR) is 101 cm³/mol. The Morgan fingerprint density at radius 3 is 2.41 bits per heavy atom. The van der Waals surface area contributed by atoms with Crippen LogP contribution in [-0.2, 0) is 19.6 Å².